The lowest BCUT2D eigenvalue weighted by Crippen LogP contribution is -2.36. The number of guanidine groups is 1. The second-order valence-electron chi connectivity index (χ2n) is 2.78. The molecule has 88 valence electrons. The van der Waals surface area contributed by atoms with Crippen LogP contribution in [0.1, 0.15) is 5.56 Å². The van der Waals surface area contributed by atoms with Gasteiger partial charge in [-0.3, -0.25) is 5.43 Å². The highest BCUT2D eigenvalue weighted by Crippen LogP contribution is 2.39. The fourth-order valence-electron chi connectivity index (χ4n) is 1.01. The van der Waals surface area contributed by atoms with Crippen molar-refractivity contribution in [3.8, 4) is 0 Å². The number of para-hydroxylation sites is 1. The normalized spacial score (nSPS) is 12.7. The van der Waals surface area contributed by atoms with Crippen molar-refractivity contribution in [3.05, 3.63) is 28.8 Å². The maximum Gasteiger partial charge on any atom is 0.418 e. The molecule has 0 aliphatic carbocycles. The van der Waals surface area contributed by atoms with Crippen LogP contribution in [0.5, 0.6) is 0 Å². The molecule has 8 heteroatoms. The Balaban J connectivity index is 3.36. The van der Waals surface area contributed by atoms with Crippen LogP contribution in [0.15, 0.2) is 23.2 Å². The van der Waals surface area contributed by atoms with E-state index >= 15 is 0 Å². The van der Waals surface area contributed by atoms with Gasteiger partial charge in [-0.1, -0.05) is 17.7 Å². The number of benzene rings is 1. The van der Waals surface area contributed by atoms with E-state index in [0.717, 1.165) is 6.07 Å². The molecule has 1 rings (SSSR count). The minimum Gasteiger partial charge on any atom is -0.369 e. The molecular formula is C8H8ClF3N4. The lowest BCUT2D eigenvalue weighted by molar-refractivity contribution is -0.137. The summed E-state index contributed by atoms with van der Waals surface area (Å²) < 4.78 is 37.7. The van der Waals surface area contributed by atoms with Crippen LogP contribution in [-0.2, 0) is 6.18 Å². The van der Waals surface area contributed by atoms with Gasteiger partial charge in [-0.2, -0.15) is 13.2 Å². The first-order valence-corrected chi connectivity index (χ1v) is 4.40. The summed E-state index contributed by atoms with van der Waals surface area (Å²) in [5.74, 6) is 4.54. The average molecular weight is 253 g/mol. The number of nitrogens with zero attached hydrogens (tertiary/aromatic N) is 1. The first kappa shape index (κ1) is 12.6. The SMILES string of the molecule is NNC(N)=Nc1c(Cl)cccc1C(F)(F)F. The first-order valence-electron chi connectivity index (χ1n) is 4.02. The summed E-state index contributed by atoms with van der Waals surface area (Å²) in [5, 5.41) is -0.159. The van der Waals surface area contributed by atoms with E-state index in [9.17, 15) is 13.2 Å². The van der Waals surface area contributed by atoms with Gasteiger partial charge in [0, 0.05) is 0 Å². The maximum absolute atomic E-state index is 12.6. The molecule has 0 aliphatic heterocycles. The van der Waals surface area contributed by atoms with Gasteiger partial charge >= 0.3 is 6.18 Å². The molecule has 0 aromatic heterocycles. The molecule has 0 spiro atoms. The molecule has 16 heavy (non-hydrogen) atoms. The van der Waals surface area contributed by atoms with Crippen molar-refractivity contribution >= 4 is 23.2 Å². The summed E-state index contributed by atoms with van der Waals surface area (Å²) in [6, 6.07) is 3.31. The topological polar surface area (TPSA) is 76.4 Å². The highest BCUT2D eigenvalue weighted by molar-refractivity contribution is 6.33. The molecule has 4 nitrogen and oxygen atoms in total. The standard InChI is InChI=1S/C8H8ClF3N4/c9-5-3-1-2-4(8(10,11)12)6(5)15-7(13)16-14/h1-3H,14H2,(H3,13,15,16). The van der Waals surface area contributed by atoms with Gasteiger partial charge in [0.25, 0.3) is 0 Å². The van der Waals surface area contributed by atoms with Crippen molar-refractivity contribution in [2.24, 2.45) is 16.6 Å². The number of rotatable bonds is 1. The lowest BCUT2D eigenvalue weighted by atomic mass is 10.2. The summed E-state index contributed by atoms with van der Waals surface area (Å²) in [7, 11) is 0. The Hall–Kier alpha value is -1.47. The Kier molecular flexibility index (Phi) is 3.61. The molecule has 0 bridgehead atoms. The summed E-state index contributed by atoms with van der Waals surface area (Å²) in [5.41, 5.74) is 5.66. The second kappa shape index (κ2) is 4.58. The average Bonchev–Trinajstić information content (AvgIpc) is 2.19. The number of aliphatic imine (C=N–C) groups is 1. The van der Waals surface area contributed by atoms with Gasteiger partial charge in [-0.25, -0.2) is 10.8 Å². The number of nitrogens with one attached hydrogen (secondary N) is 1. The van der Waals surface area contributed by atoms with Crippen LogP contribution in [0.25, 0.3) is 0 Å². The Morgan fingerprint density at radius 2 is 2.00 bits per heavy atom. The molecule has 0 amide bonds. The van der Waals surface area contributed by atoms with Crippen LogP contribution >= 0.6 is 11.6 Å². The lowest BCUT2D eigenvalue weighted by Gasteiger charge is -2.11. The molecule has 1 aromatic carbocycles. The predicted octanol–water partition coefficient (Wildman–Crippen LogP) is 1.77. The van der Waals surface area contributed by atoms with Crippen molar-refractivity contribution in [3.63, 3.8) is 0 Å². The van der Waals surface area contributed by atoms with Gasteiger partial charge in [0.2, 0.25) is 5.96 Å². The van der Waals surface area contributed by atoms with Crippen LogP contribution < -0.4 is 17.0 Å². The van der Waals surface area contributed by atoms with Gasteiger partial charge in [0.1, 0.15) is 0 Å². The Labute approximate surface area is 94.1 Å². The molecule has 0 aliphatic rings. The minimum atomic E-state index is -4.56. The van der Waals surface area contributed by atoms with E-state index in [2.05, 4.69) is 4.99 Å². The van der Waals surface area contributed by atoms with E-state index in [0.29, 0.717) is 0 Å². The smallest absolute Gasteiger partial charge is 0.369 e. The van der Waals surface area contributed by atoms with Gasteiger partial charge in [0.05, 0.1) is 16.3 Å². The summed E-state index contributed by atoms with van der Waals surface area (Å²) in [6.45, 7) is 0. The zero-order valence-electron chi connectivity index (χ0n) is 7.85. The van der Waals surface area contributed by atoms with Crippen LogP contribution in [0.4, 0.5) is 18.9 Å². The molecule has 0 atom stereocenters. The summed E-state index contributed by atoms with van der Waals surface area (Å²) in [6.07, 6.45) is -4.56. The molecule has 5 N–H and O–H groups in total. The van der Waals surface area contributed by atoms with Gasteiger partial charge in [-0.05, 0) is 12.1 Å². The van der Waals surface area contributed by atoms with Gasteiger partial charge in [0.15, 0.2) is 0 Å². The third-order valence-electron chi connectivity index (χ3n) is 1.67. The number of alkyl halides is 3. The number of halogens is 4. The molecule has 0 fully saturated rings. The van der Waals surface area contributed by atoms with E-state index in [1.165, 1.54) is 12.1 Å². The minimum absolute atomic E-state index is 0.159. The molecule has 0 heterocycles. The maximum atomic E-state index is 12.6. The van der Waals surface area contributed by atoms with Gasteiger partial charge < -0.3 is 5.73 Å². The van der Waals surface area contributed by atoms with Crippen molar-refractivity contribution in [1.29, 1.82) is 0 Å². The largest absolute Gasteiger partial charge is 0.418 e. The number of hydrazine groups is 1. The van der Waals surface area contributed by atoms with Crippen LogP contribution in [-0.4, -0.2) is 5.96 Å². The third-order valence-corrected chi connectivity index (χ3v) is 1.98. The molecule has 1 aromatic rings. The first-order chi connectivity index (χ1) is 7.36. The fraction of sp³-hybridized carbons (Fsp3) is 0.125. The third kappa shape index (κ3) is 2.77. The van der Waals surface area contributed by atoms with Crippen molar-refractivity contribution in [2.75, 3.05) is 0 Å². The highest BCUT2D eigenvalue weighted by Gasteiger charge is 2.34. The Morgan fingerprint density at radius 3 is 2.50 bits per heavy atom. The fourth-order valence-corrected chi connectivity index (χ4v) is 1.23. The van der Waals surface area contributed by atoms with Crippen LogP contribution in [0.2, 0.25) is 5.02 Å². The number of hydrogen-bond acceptors (Lipinski definition) is 2. The van der Waals surface area contributed by atoms with E-state index in [1.807, 2.05) is 5.43 Å². The van der Waals surface area contributed by atoms with Crippen LogP contribution in [0, 0.1) is 0 Å². The predicted molar refractivity (Wildman–Crippen MR) is 55.1 cm³/mol. The van der Waals surface area contributed by atoms with E-state index < -0.39 is 17.4 Å². The second-order valence-corrected chi connectivity index (χ2v) is 3.18. The summed E-state index contributed by atoms with van der Waals surface area (Å²) >= 11 is 5.61. The Bertz CT molecular complexity index is 416. The number of hydrogen-bond donors (Lipinski definition) is 3. The van der Waals surface area contributed by atoms with Crippen molar-refractivity contribution in [2.45, 2.75) is 6.18 Å². The van der Waals surface area contributed by atoms with E-state index in [1.54, 1.807) is 0 Å². The van der Waals surface area contributed by atoms with Crippen molar-refractivity contribution in [1.82, 2.24) is 5.43 Å². The van der Waals surface area contributed by atoms with Crippen LogP contribution in [0.3, 0.4) is 0 Å². The quantitative estimate of drug-likeness (QED) is 0.309. The Morgan fingerprint density at radius 1 is 1.38 bits per heavy atom. The zero-order valence-corrected chi connectivity index (χ0v) is 8.60. The van der Waals surface area contributed by atoms with E-state index in [4.69, 9.17) is 23.2 Å². The molecule has 0 unspecified atom stereocenters. The molecular weight excluding hydrogens is 245 g/mol. The monoisotopic (exact) mass is 252 g/mol. The van der Waals surface area contributed by atoms with Crippen molar-refractivity contribution < 1.29 is 13.2 Å². The molecule has 0 radical (unpaired) electrons. The highest BCUT2D eigenvalue weighted by atomic mass is 35.5. The zero-order chi connectivity index (χ0) is 12.3. The molecule has 0 saturated carbocycles. The van der Waals surface area contributed by atoms with Gasteiger partial charge in [-0.15, -0.1) is 0 Å². The van der Waals surface area contributed by atoms with E-state index in [-0.39, 0.29) is 11.0 Å². The molecule has 0 saturated heterocycles. The summed E-state index contributed by atoms with van der Waals surface area (Å²) in [4.78, 5) is 3.45. The number of nitrogens with two attached hydrogens (primary N) is 2.